The fourth-order valence-electron chi connectivity index (χ4n) is 5.41. The third kappa shape index (κ3) is 5.44. The van der Waals surface area contributed by atoms with Gasteiger partial charge in [0.25, 0.3) is 0 Å². The van der Waals surface area contributed by atoms with Gasteiger partial charge in [-0.1, -0.05) is 46.1 Å². The van der Waals surface area contributed by atoms with Gasteiger partial charge in [0, 0.05) is 15.0 Å². The fraction of sp³-hybridized carbons (Fsp3) is 0.375. The lowest BCUT2D eigenvalue weighted by Gasteiger charge is -2.21. The van der Waals surface area contributed by atoms with Crippen LogP contribution in [0.3, 0.4) is 0 Å². The van der Waals surface area contributed by atoms with Crippen LogP contribution >= 0.6 is 22.7 Å². The molecule has 37 heavy (non-hydrogen) atoms. The SMILES string of the molecule is C=c1cc2[nH]c(=C(c3cc4sc(C)cc4[nH]3)c3c(C)cc(OC(CCCC)CCCC)cc3C)cc2s1. The monoisotopic (exact) mass is 530 g/mol. The smallest absolute Gasteiger partial charge is 0.120 e. The number of nitrogens with one attached hydrogen (secondary N) is 2. The summed E-state index contributed by atoms with van der Waals surface area (Å²) in [6, 6.07) is 13.4. The van der Waals surface area contributed by atoms with Crippen molar-refractivity contribution >= 4 is 55.3 Å². The van der Waals surface area contributed by atoms with Crippen molar-refractivity contribution in [3.63, 3.8) is 0 Å². The number of benzene rings is 1. The summed E-state index contributed by atoms with van der Waals surface area (Å²) in [5.41, 5.74) is 8.45. The molecule has 194 valence electrons. The van der Waals surface area contributed by atoms with E-state index in [2.05, 4.69) is 87.6 Å². The molecular formula is C32H38N2OS2. The zero-order chi connectivity index (χ0) is 26.1. The maximum atomic E-state index is 6.60. The van der Waals surface area contributed by atoms with E-state index in [0.29, 0.717) is 6.10 Å². The maximum Gasteiger partial charge on any atom is 0.120 e. The second-order valence-corrected chi connectivity index (χ2v) is 12.8. The van der Waals surface area contributed by atoms with Crippen molar-refractivity contribution in [3.8, 4) is 5.75 Å². The Balaban J connectivity index is 1.62. The van der Waals surface area contributed by atoms with E-state index in [9.17, 15) is 0 Å². The Hall–Kier alpha value is -2.76. The van der Waals surface area contributed by atoms with E-state index in [1.54, 1.807) is 11.3 Å². The minimum absolute atomic E-state index is 0.290. The molecule has 0 radical (unpaired) electrons. The number of aromatic nitrogens is 2. The molecule has 0 aliphatic heterocycles. The van der Waals surface area contributed by atoms with Crippen LogP contribution in [0, 0.1) is 20.8 Å². The van der Waals surface area contributed by atoms with Crippen molar-refractivity contribution < 1.29 is 4.74 Å². The predicted octanol–water partition coefficient (Wildman–Crippen LogP) is 8.48. The molecule has 0 aliphatic rings. The first kappa shape index (κ1) is 25.9. The first-order valence-corrected chi connectivity index (χ1v) is 15.2. The van der Waals surface area contributed by atoms with Crippen LogP contribution in [0.2, 0.25) is 0 Å². The highest BCUT2D eigenvalue weighted by atomic mass is 32.1. The van der Waals surface area contributed by atoms with Gasteiger partial charge in [0.15, 0.2) is 0 Å². The van der Waals surface area contributed by atoms with Crippen LogP contribution in [0.15, 0.2) is 36.4 Å². The highest BCUT2D eigenvalue weighted by molar-refractivity contribution is 7.19. The van der Waals surface area contributed by atoms with E-state index in [0.717, 1.165) is 39.7 Å². The van der Waals surface area contributed by atoms with Crippen molar-refractivity contribution in [1.82, 2.24) is 9.97 Å². The van der Waals surface area contributed by atoms with Crippen molar-refractivity contribution in [2.75, 3.05) is 0 Å². The zero-order valence-electron chi connectivity index (χ0n) is 22.7. The lowest BCUT2D eigenvalue weighted by molar-refractivity contribution is 0.174. The Morgan fingerprint density at radius 3 is 2.11 bits per heavy atom. The fourth-order valence-corrected chi connectivity index (χ4v) is 7.19. The van der Waals surface area contributed by atoms with Gasteiger partial charge >= 0.3 is 0 Å². The molecule has 0 saturated heterocycles. The Morgan fingerprint density at radius 2 is 1.49 bits per heavy atom. The largest absolute Gasteiger partial charge is 0.490 e. The summed E-state index contributed by atoms with van der Waals surface area (Å²) < 4.78 is 10.2. The Bertz CT molecular complexity index is 1540. The van der Waals surface area contributed by atoms with Gasteiger partial charge in [0.2, 0.25) is 0 Å². The Kier molecular flexibility index (Phi) is 7.64. The summed E-state index contributed by atoms with van der Waals surface area (Å²) in [4.78, 5) is 8.74. The van der Waals surface area contributed by atoms with E-state index < -0.39 is 0 Å². The van der Waals surface area contributed by atoms with Crippen LogP contribution in [0.1, 0.15) is 79.6 Å². The molecule has 3 nitrogen and oxygen atoms in total. The molecule has 5 rings (SSSR count). The van der Waals surface area contributed by atoms with Gasteiger partial charge in [0.1, 0.15) is 5.75 Å². The molecule has 2 N–H and O–H groups in total. The van der Waals surface area contributed by atoms with Gasteiger partial charge < -0.3 is 14.7 Å². The van der Waals surface area contributed by atoms with Crippen LogP contribution in [0.25, 0.3) is 32.6 Å². The van der Waals surface area contributed by atoms with Crippen molar-refractivity contribution in [2.45, 2.75) is 79.2 Å². The molecule has 0 fully saturated rings. The van der Waals surface area contributed by atoms with Gasteiger partial charge in [0.05, 0.1) is 37.6 Å². The molecule has 1 aromatic carbocycles. The molecule has 0 atom stereocenters. The van der Waals surface area contributed by atoms with Gasteiger partial charge in [-0.25, -0.2) is 0 Å². The third-order valence-corrected chi connectivity index (χ3v) is 9.08. The lowest BCUT2D eigenvalue weighted by Crippen LogP contribution is -2.17. The summed E-state index contributed by atoms with van der Waals surface area (Å²) in [5, 5.41) is 1.13. The maximum absolute atomic E-state index is 6.60. The van der Waals surface area contributed by atoms with E-state index in [4.69, 9.17) is 4.74 Å². The number of thiophene rings is 2. The van der Waals surface area contributed by atoms with Crippen LogP contribution in [0.4, 0.5) is 0 Å². The van der Waals surface area contributed by atoms with Crippen LogP contribution in [-0.4, -0.2) is 16.1 Å². The average Bonchev–Trinajstić information content (AvgIpc) is 3.57. The number of H-pyrrole nitrogens is 2. The van der Waals surface area contributed by atoms with Gasteiger partial charge in [-0.3, -0.25) is 0 Å². The molecule has 0 spiro atoms. The quantitative estimate of drug-likeness (QED) is 0.187. The molecule has 4 heterocycles. The Labute approximate surface area is 227 Å². The lowest BCUT2D eigenvalue weighted by atomic mass is 9.93. The number of unbranched alkanes of at least 4 members (excludes halogenated alkanes) is 2. The van der Waals surface area contributed by atoms with E-state index in [1.165, 1.54) is 67.7 Å². The van der Waals surface area contributed by atoms with Gasteiger partial charge in [-0.05, 0) is 86.7 Å². The van der Waals surface area contributed by atoms with Gasteiger partial charge in [-0.2, -0.15) is 0 Å². The first-order chi connectivity index (χ1) is 17.9. The summed E-state index contributed by atoms with van der Waals surface area (Å²) >= 11 is 3.57. The molecule has 0 amide bonds. The molecular weight excluding hydrogens is 492 g/mol. The molecule has 0 unspecified atom stereocenters. The number of aryl methyl sites for hydroxylation is 3. The van der Waals surface area contributed by atoms with Crippen LogP contribution in [-0.2, 0) is 0 Å². The van der Waals surface area contributed by atoms with Crippen molar-refractivity contribution in [2.24, 2.45) is 0 Å². The van der Waals surface area contributed by atoms with E-state index in [-0.39, 0.29) is 0 Å². The van der Waals surface area contributed by atoms with E-state index >= 15 is 0 Å². The molecule has 5 aromatic rings. The summed E-state index contributed by atoms with van der Waals surface area (Å²) in [6.07, 6.45) is 7.38. The first-order valence-electron chi connectivity index (χ1n) is 13.6. The highest BCUT2D eigenvalue weighted by Crippen LogP contribution is 2.34. The minimum atomic E-state index is 0.290. The van der Waals surface area contributed by atoms with Crippen molar-refractivity contribution in [3.05, 3.63) is 73.5 Å². The number of fused-ring (bicyclic) bond motifs is 2. The second kappa shape index (κ2) is 10.9. The standard InChI is InChI=1S/C32H38N2OS2/c1-7-9-11-23(12-10-8-2)35-24-13-19(3)31(20(4)14-24)32(27-17-29-25(33-27)15-21(5)36-29)28-18-30-26(34-28)16-22(6)37-30/h13-18,23,33-34H,5,7-12H2,1-4,6H3. The summed E-state index contributed by atoms with van der Waals surface area (Å²) in [6.45, 7) is 15.2. The number of hydrogen-bond acceptors (Lipinski definition) is 3. The van der Waals surface area contributed by atoms with Crippen molar-refractivity contribution in [1.29, 1.82) is 0 Å². The summed E-state index contributed by atoms with van der Waals surface area (Å²) in [7, 11) is 0. The van der Waals surface area contributed by atoms with Gasteiger partial charge in [-0.15, -0.1) is 22.7 Å². The topological polar surface area (TPSA) is 40.8 Å². The summed E-state index contributed by atoms with van der Waals surface area (Å²) in [5.74, 6) is 0.993. The zero-order valence-corrected chi connectivity index (χ0v) is 24.3. The van der Waals surface area contributed by atoms with Crippen LogP contribution < -0.4 is 14.6 Å². The number of aromatic amines is 2. The van der Waals surface area contributed by atoms with Crippen LogP contribution in [0.5, 0.6) is 5.75 Å². The predicted molar refractivity (Wildman–Crippen MR) is 163 cm³/mol. The molecule has 0 bridgehead atoms. The Morgan fingerprint density at radius 1 is 0.838 bits per heavy atom. The normalized spacial score (nSPS) is 12.8. The number of ether oxygens (including phenoxy) is 1. The second-order valence-electron chi connectivity index (χ2n) is 10.3. The average molecular weight is 531 g/mol. The molecule has 0 saturated carbocycles. The van der Waals surface area contributed by atoms with E-state index in [1.807, 2.05) is 11.3 Å². The number of hydrogen-bond donors (Lipinski definition) is 2. The third-order valence-electron chi connectivity index (χ3n) is 7.14. The minimum Gasteiger partial charge on any atom is -0.490 e. The molecule has 4 aromatic heterocycles. The molecule has 0 aliphatic carbocycles. The highest BCUT2D eigenvalue weighted by Gasteiger charge is 2.19. The molecule has 5 heteroatoms. The number of rotatable bonds is 10.